The van der Waals surface area contributed by atoms with Crippen molar-refractivity contribution in [2.45, 2.75) is 0 Å². The number of aromatic nitrogens is 2. The standard InChI is InChI=1S/C24H18ClFN2O3/c1-30-21-13-18-20(14-22(21)31-2)27-23(11-10-15-6-3-4-9-19(15)26)28(24(18)29)17-8-5-7-16(25)12-17/h3-14H,1-2H3. The molecule has 156 valence electrons. The predicted octanol–water partition coefficient (Wildman–Crippen LogP) is 5.37. The van der Waals surface area contributed by atoms with Crippen LogP contribution < -0.4 is 15.0 Å². The van der Waals surface area contributed by atoms with Crippen LogP contribution in [0.25, 0.3) is 28.7 Å². The van der Waals surface area contributed by atoms with Gasteiger partial charge in [0.2, 0.25) is 0 Å². The molecule has 7 heteroatoms. The van der Waals surface area contributed by atoms with Crippen LogP contribution in [0.15, 0.2) is 65.5 Å². The fraction of sp³-hybridized carbons (Fsp3) is 0.0833. The van der Waals surface area contributed by atoms with Crippen molar-refractivity contribution in [2.24, 2.45) is 0 Å². The molecular weight excluding hydrogens is 419 g/mol. The molecule has 0 spiro atoms. The normalized spacial score (nSPS) is 11.2. The van der Waals surface area contributed by atoms with Gasteiger partial charge in [-0.05, 0) is 42.5 Å². The molecule has 31 heavy (non-hydrogen) atoms. The number of ether oxygens (including phenoxy) is 2. The first-order valence-corrected chi connectivity index (χ1v) is 9.77. The Morgan fingerprint density at radius 1 is 0.968 bits per heavy atom. The average Bonchev–Trinajstić information content (AvgIpc) is 2.77. The number of halogens is 2. The molecule has 0 saturated carbocycles. The van der Waals surface area contributed by atoms with E-state index < -0.39 is 0 Å². The molecular formula is C24H18ClFN2O3. The Morgan fingerprint density at radius 2 is 1.71 bits per heavy atom. The van der Waals surface area contributed by atoms with Gasteiger partial charge in [-0.3, -0.25) is 9.36 Å². The van der Waals surface area contributed by atoms with Gasteiger partial charge in [-0.15, -0.1) is 0 Å². The van der Waals surface area contributed by atoms with Crippen molar-refractivity contribution < 1.29 is 13.9 Å². The maximum absolute atomic E-state index is 14.1. The van der Waals surface area contributed by atoms with Crippen LogP contribution in [0.4, 0.5) is 4.39 Å². The second-order valence-corrected chi connectivity index (χ2v) is 7.11. The minimum Gasteiger partial charge on any atom is -0.493 e. The average molecular weight is 437 g/mol. The number of hydrogen-bond acceptors (Lipinski definition) is 4. The lowest BCUT2D eigenvalue weighted by Gasteiger charge is -2.14. The molecule has 4 aromatic rings. The number of methoxy groups -OCH3 is 2. The highest BCUT2D eigenvalue weighted by atomic mass is 35.5. The molecule has 0 aliphatic rings. The topological polar surface area (TPSA) is 53.4 Å². The van der Waals surface area contributed by atoms with E-state index in [4.69, 9.17) is 21.1 Å². The molecule has 5 nitrogen and oxygen atoms in total. The van der Waals surface area contributed by atoms with Crippen LogP contribution in [0.2, 0.25) is 5.02 Å². The first-order valence-electron chi connectivity index (χ1n) is 9.39. The lowest BCUT2D eigenvalue weighted by Crippen LogP contribution is -2.22. The third-order valence-corrected chi connectivity index (χ3v) is 5.02. The molecule has 0 amide bonds. The minimum atomic E-state index is -0.373. The van der Waals surface area contributed by atoms with Crippen molar-refractivity contribution in [1.29, 1.82) is 0 Å². The predicted molar refractivity (Wildman–Crippen MR) is 121 cm³/mol. The van der Waals surface area contributed by atoms with Crippen LogP contribution in [0.3, 0.4) is 0 Å². The molecule has 0 fully saturated rings. The van der Waals surface area contributed by atoms with Gasteiger partial charge < -0.3 is 9.47 Å². The van der Waals surface area contributed by atoms with Crippen molar-refractivity contribution in [1.82, 2.24) is 9.55 Å². The molecule has 3 aromatic carbocycles. The van der Waals surface area contributed by atoms with Crippen molar-refractivity contribution in [3.8, 4) is 17.2 Å². The fourth-order valence-corrected chi connectivity index (χ4v) is 3.47. The van der Waals surface area contributed by atoms with Crippen molar-refractivity contribution >= 4 is 34.7 Å². The zero-order valence-corrected chi connectivity index (χ0v) is 17.6. The Kier molecular flexibility index (Phi) is 5.73. The van der Waals surface area contributed by atoms with Crippen LogP contribution in [0.1, 0.15) is 11.4 Å². The van der Waals surface area contributed by atoms with E-state index in [1.165, 1.54) is 24.9 Å². The summed E-state index contributed by atoms with van der Waals surface area (Å²) >= 11 is 6.16. The Morgan fingerprint density at radius 3 is 2.42 bits per heavy atom. The number of rotatable bonds is 5. The van der Waals surface area contributed by atoms with Gasteiger partial charge in [0.15, 0.2) is 11.5 Å². The third-order valence-electron chi connectivity index (χ3n) is 4.78. The van der Waals surface area contributed by atoms with Gasteiger partial charge in [0.1, 0.15) is 11.6 Å². The maximum atomic E-state index is 14.1. The van der Waals surface area contributed by atoms with E-state index >= 15 is 0 Å². The summed E-state index contributed by atoms with van der Waals surface area (Å²) in [5.41, 5.74) is 1.02. The lowest BCUT2D eigenvalue weighted by molar-refractivity contribution is 0.355. The smallest absolute Gasteiger partial charge is 0.266 e. The van der Waals surface area contributed by atoms with Crippen molar-refractivity contribution in [3.63, 3.8) is 0 Å². The van der Waals surface area contributed by atoms with E-state index in [9.17, 15) is 9.18 Å². The van der Waals surface area contributed by atoms with Crippen LogP contribution in [-0.4, -0.2) is 23.8 Å². The largest absolute Gasteiger partial charge is 0.493 e. The third kappa shape index (κ3) is 4.02. The quantitative estimate of drug-likeness (QED) is 0.422. The Bertz CT molecular complexity index is 1370. The van der Waals surface area contributed by atoms with Gasteiger partial charge in [-0.2, -0.15) is 0 Å². The first kappa shape index (κ1) is 20.6. The van der Waals surface area contributed by atoms with E-state index in [-0.39, 0.29) is 11.4 Å². The van der Waals surface area contributed by atoms with Gasteiger partial charge >= 0.3 is 0 Å². The van der Waals surface area contributed by atoms with Gasteiger partial charge in [0, 0.05) is 16.7 Å². The summed E-state index contributed by atoms with van der Waals surface area (Å²) in [7, 11) is 3.01. The fourth-order valence-electron chi connectivity index (χ4n) is 3.28. The van der Waals surface area contributed by atoms with Crippen LogP contribution in [-0.2, 0) is 0 Å². The van der Waals surface area contributed by atoms with Gasteiger partial charge in [-0.1, -0.05) is 35.9 Å². The molecule has 0 bridgehead atoms. The van der Waals surface area contributed by atoms with E-state index in [1.807, 2.05) is 0 Å². The van der Waals surface area contributed by atoms with Crippen LogP contribution >= 0.6 is 11.6 Å². The maximum Gasteiger partial charge on any atom is 0.266 e. The van der Waals surface area contributed by atoms with Crippen molar-refractivity contribution in [2.75, 3.05) is 14.2 Å². The Labute approximate surface area is 183 Å². The molecule has 0 unspecified atom stereocenters. The highest BCUT2D eigenvalue weighted by molar-refractivity contribution is 6.30. The molecule has 1 aromatic heterocycles. The molecule has 0 N–H and O–H groups in total. The second-order valence-electron chi connectivity index (χ2n) is 6.67. The summed E-state index contributed by atoms with van der Waals surface area (Å²) in [5.74, 6) is 0.811. The SMILES string of the molecule is COc1cc2nc(C=Cc3ccccc3F)n(-c3cccc(Cl)c3)c(=O)c2cc1OC. The zero-order chi connectivity index (χ0) is 22.0. The molecule has 1 heterocycles. The summed E-state index contributed by atoms with van der Waals surface area (Å²) in [4.78, 5) is 18.1. The highest BCUT2D eigenvalue weighted by Gasteiger charge is 2.15. The van der Waals surface area contributed by atoms with E-state index in [0.717, 1.165) is 0 Å². The number of benzene rings is 3. The van der Waals surface area contributed by atoms with Gasteiger partial charge in [-0.25, -0.2) is 9.37 Å². The molecule has 0 saturated heterocycles. The van der Waals surface area contributed by atoms with Crippen molar-refractivity contribution in [3.05, 3.63) is 93.2 Å². The zero-order valence-electron chi connectivity index (χ0n) is 16.8. The molecule has 0 radical (unpaired) electrons. The number of fused-ring (bicyclic) bond motifs is 1. The molecule has 0 aliphatic heterocycles. The summed E-state index contributed by atoms with van der Waals surface area (Å²) in [6, 6.07) is 16.5. The Balaban J connectivity index is 2.01. The van der Waals surface area contributed by atoms with E-state index in [0.29, 0.717) is 44.5 Å². The summed E-state index contributed by atoms with van der Waals surface area (Å²) < 4.78 is 26.2. The van der Waals surface area contributed by atoms with Crippen LogP contribution in [0, 0.1) is 5.82 Å². The van der Waals surface area contributed by atoms with Gasteiger partial charge in [0.25, 0.3) is 5.56 Å². The Hall–Kier alpha value is -3.64. The minimum absolute atomic E-state index is 0.315. The second kappa shape index (κ2) is 8.62. The summed E-state index contributed by atoms with van der Waals surface area (Å²) in [6.45, 7) is 0. The first-order chi connectivity index (χ1) is 15.0. The highest BCUT2D eigenvalue weighted by Crippen LogP contribution is 2.31. The van der Waals surface area contributed by atoms with Gasteiger partial charge in [0.05, 0.1) is 30.8 Å². The molecule has 0 atom stereocenters. The van der Waals surface area contributed by atoms with Crippen LogP contribution in [0.5, 0.6) is 11.5 Å². The van der Waals surface area contributed by atoms with E-state index in [2.05, 4.69) is 4.98 Å². The lowest BCUT2D eigenvalue weighted by atomic mass is 10.1. The molecule has 0 aliphatic carbocycles. The van der Waals surface area contributed by atoms with E-state index in [1.54, 1.807) is 66.7 Å². The summed E-state index contributed by atoms with van der Waals surface area (Å²) in [6.07, 6.45) is 3.17. The number of hydrogen-bond donors (Lipinski definition) is 0. The number of nitrogens with zero attached hydrogens (tertiary/aromatic N) is 2. The summed E-state index contributed by atoms with van der Waals surface area (Å²) in [5, 5.41) is 0.821. The monoisotopic (exact) mass is 436 g/mol. The molecule has 4 rings (SSSR count).